The summed E-state index contributed by atoms with van der Waals surface area (Å²) in [4.78, 5) is 31.2. The van der Waals surface area contributed by atoms with Gasteiger partial charge in [-0.1, -0.05) is 24.3 Å². The van der Waals surface area contributed by atoms with E-state index in [1.165, 1.54) is 6.21 Å². The van der Waals surface area contributed by atoms with Crippen LogP contribution in [0, 0.1) is 0 Å². The Balaban J connectivity index is 1.46. The number of carbonyl (C=O) groups excluding carboxylic acids is 2. The van der Waals surface area contributed by atoms with Crippen LogP contribution < -0.4 is 10.7 Å². The van der Waals surface area contributed by atoms with Crippen LogP contribution in [0.4, 0.5) is 0 Å². The lowest BCUT2D eigenvalue weighted by molar-refractivity contribution is -0.128. The van der Waals surface area contributed by atoms with E-state index in [4.69, 9.17) is 4.74 Å². The molecule has 1 aliphatic rings. The van der Waals surface area contributed by atoms with E-state index in [2.05, 4.69) is 25.7 Å². The number of nitrogens with one attached hydrogen (secondary N) is 2. The van der Waals surface area contributed by atoms with Gasteiger partial charge in [-0.15, -0.1) is 0 Å². The van der Waals surface area contributed by atoms with Gasteiger partial charge in [-0.05, 0) is 43.5 Å². The Morgan fingerprint density at radius 3 is 2.61 bits per heavy atom. The number of ether oxygens (including phenoxy) is 1. The Morgan fingerprint density at radius 2 is 1.87 bits per heavy atom. The molecule has 8 nitrogen and oxygen atoms in total. The molecule has 1 aromatic carbocycles. The lowest BCUT2D eigenvalue weighted by Gasteiger charge is -2.33. The maximum Gasteiger partial charge on any atom is 0.257 e. The van der Waals surface area contributed by atoms with Crippen molar-refractivity contribution in [3.63, 3.8) is 0 Å². The van der Waals surface area contributed by atoms with Crippen molar-refractivity contribution in [2.75, 3.05) is 32.8 Å². The number of amides is 2. The first-order valence-electron chi connectivity index (χ1n) is 10.6. The van der Waals surface area contributed by atoms with E-state index in [0.717, 1.165) is 12.8 Å². The molecule has 8 heteroatoms. The Morgan fingerprint density at radius 1 is 1.10 bits per heavy atom. The van der Waals surface area contributed by atoms with Crippen molar-refractivity contribution in [3.8, 4) is 0 Å². The fourth-order valence-corrected chi connectivity index (χ4v) is 3.41. The van der Waals surface area contributed by atoms with Crippen LogP contribution in [0.2, 0.25) is 0 Å². The molecule has 164 valence electrons. The van der Waals surface area contributed by atoms with E-state index in [9.17, 15) is 9.59 Å². The first-order valence-corrected chi connectivity index (χ1v) is 10.6. The number of pyridine rings is 1. The summed E-state index contributed by atoms with van der Waals surface area (Å²) in [5.41, 5.74) is 3.98. The van der Waals surface area contributed by atoms with Crippen molar-refractivity contribution in [1.82, 2.24) is 20.6 Å². The minimum Gasteiger partial charge on any atom is -0.379 e. The second-order valence-corrected chi connectivity index (χ2v) is 7.27. The van der Waals surface area contributed by atoms with Crippen molar-refractivity contribution < 1.29 is 14.3 Å². The zero-order chi connectivity index (χ0) is 21.7. The van der Waals surface area contributed by atoms with E-state index in [1.807, 2.05) is 36.4 Å². The van der Waals surface area contributed by atoms with E-state index in [-0.39, 0.29) is 17.9 Å². The molecule has 2 heterocycles. The minimum absolute atomic E-state index is 0.0769. The molecule has 1 aliphatic heterocycles. The molecule has 1 saturated heterocycles. The Kier molecular flexibility index (Phi) is 9.15. The van der Waals surface area contributed by atoms with Gasteiger partial charge in [0.05, 0.1) is 31.2 Å². The van der Waals surface area contributed by atoms with E-state index in [0.29, 0.717) is 50.5 Å². The molecule has 31 heavy (non-hydrogen) atoms. The van der Waals surface area contributed by atoms with E-state index < -0.39 is 0 Å². The summed E-state index contributed by atoms with van der Waals surface area (Å²) < 4.78 is 5.42. The van der Waals surface area contributed by atoms with Gasteiger partial charge < -0.3 is 10.1 Å². The van der Waals surface area contributed by atoms with Crippen molar-refractivity contribution >= 4 is 18.0 Å². The highest BCUT2D eigenvalue weighted by Crippen LogP contribution is 2.12. The van der Waals surface area contributed by atoms with Crippen LogP contribution in [0.5, 0.6) is 0 Å². The van der Waals surface area contributed by atoms with Crippen LogP contribution >= 0.6 is 0 Å². The molecule has 1 atom stereocenters. The number of hydrazone groups is 1. The first kappa shape index (κ1) is 22.6. The summed E-state index contributed by atoms with van der Waals surface area (Å²) in [6.45, 7) is 3.24. The largest absolute Gasteiger partial charge is 0.379 e. The molecule has 0 bridgehead atoms. The van der Waals surface area contributed by atoms with Crippen molar-refractivity contribution in [2.45, 2.75) is 25.3 Å². The monoisotopic (exact) mass is 423 g/mol. The van der Waals surface area contributed by atoms with Gasteiger partial charge in [0.1, 0.15) is 0 Å². The third-order valence-corrected chi connectivity index (χ3v) is 5.07. The standard InChI is InChI=1S/C23H29N5O3/c29-22(19-8-2-1-3-9-19)25-13-7-5-11-21(28-14-16-31-17-15-28)23(30)27-26-18-20-10-4-6-12-24-20/h1-4,6,8-10,12,18,21H,5,7,11,13-17H2,(H,25,29)(H,27,30). The van der Waals surface area contributed by atoms with Crippen LogP contribution in [-0.2, 0) is 9.53 Å². The number of aromatic nitrogens is 1. The lowest BCUT2D eigenvalue weighted by atomic mass is 10.1. The molecule has 3 rings (SSSR count). The fourth-order valence-electron chi connectivity index (χ4n) is 3.41. The van der Waals surface area contributed by atoms with Gasteiger partial charge >= 0.3 is 0 Å². The lowest BCUT2D eigenvalue weighted by Crippen LogP contribution is -2.50. The van der Waals surface area contributed by atoms with Crippen molar-refractivity contribution in [2.24, 2.45) is 5.10 Å². The highest BCUT2D eigenvalue weighted by atomic mass is 16.5. The summed E-state index contributed by atoms with van der Waals surface area (Å²) in [5.74, 6) is -0.214. The summed E-state index contributed by atoms with van der Waals surface area (Å²) >= 11 is 0. The molecular formula is C23H29N5O3. The van der Waals surface area contributed by atoms with Gasteiger partial charge in [0.25, 0.3) is 11.8 Å². The maximum atomic E-state index is 12.8. The molecule has 2 N–H and O–H groups in total. The van der Waals surface area contributed by atoms with Gasteiger partial charge in [-0.2, -0.15) is 5.10 Å². The molecule has 2 amide bonds. The summed E-state index contributed by atoms with van der Waals surface area (Å²) in [6, 6.07) is 14.4. The zero-order valence-electron chi connectivity index (χ0n) is 17.6. The molecule has 0 radical (unpaired) electrons. The number of morpholine rings is 1. The number of rotatable bonds is 10. The van der Waals surface area contributed by atoms with Gasteiger partial charge in [0.2, 0.25) is 0 Å². The quantitative estimate of drug-likeness (QED) is 0.345. The fraction of sp³-hybridized carbons (Fsp3) is 0.391. The first-order chi connectivity index (χ1) is 15.2. The SMILES string of the molecule is O=C(NCCCCC(C(=O)NN=Cc1ccccn1)N1CCOCC1)c1ccccc1. The van der Waals surface area contributed by atoms with Crippen molar-refractivity contribution in [3.05, 3.63) is 66.0 Å². The topological polar surface area (TPSA) is 95.9 Å². The number of unbranched alkanes of at least 4 members (excludes halogenated alkanes) is 1. The van der Waals surface area contributed by atoms with Gasteiger partial charge in [-0.3, -0.25) is 19.5 Å². The summed E-state index contributed by atoms with van der Waals surface area (Å²) in [7, 11) is 0. The van der Waals surface area contributed by atoms with Crippen LogP contribution in [0.25, 0.3) is 0 Å². The molecule has 1 unspecified atom stereocenters. The minimum atomic E-state index is -0.283. The summed E-state index contributed by atoms with van der Waals surface area (Å²) in [6.07, 6.45) is 5.51. The number of benzene rings is 1. The predicted molar refractivity (Wildman–Crippen MR) is 119 cm³/mol. The molecule has 0 aliphatic carbocycles. The van der Waals surface area contributed by atoms with Gasteiger partial charge in [0.15, 0.2) is 0 Å². The zero-order valence-corrected chi connectivity index (χ0v) is 17.6. The van der Waals surface area contributed by atoms with Gasteiger partial charge in [-0.25, -0.2) is 5.43 Å². The number of carbonyl (C=O) groups is 2. The number of hydrogen-bond acceptors (Lipinski definition) is 6. The average Bonchev–Trinajstić information content (AvgIpc) is 2.83. The number of nitrogens with zero attached hydrogens (tertiary/aromatic N) is 3. The Hall–Kier alpha value is -3.10. The van der Waals surface area contributed by atoms with E-state index in [1.54, 1.807) is 18.3 Å². The maximum absolute atomic E-state index is 12.8. The summed E-state index contributed by atoms with van der Waals surface area (Å²) in [5, 5.41) is 6.99. The average molecular weight is 424 g/mol. The smallest absolute Gasteiger partial charge is 0.257 e. The normalized spacial score (nSPS) is 15.5. The van der Waals surface area contributed by atoms with Crippen LogP contribution in [0.1, 0.15) is 35.3 Å². The van der Waals surface area contributed by atoms with Crippen LogP contribution in [0.3, 0.4) is 0 Å². The molecule has 0 spiro atoms. The molecule has 2 aromatic rings. The molecular weight excluding hydrogens is 394 g/mol. The number of hydrogen-bond donors (Lipinski definition) is 2. The highest BCUT2D eigenvalue weighted by Gasteiger charge is 2.26. The third-order valence-electron chi connectivity index (χ3n) is 5.07. The Bertz CT molecular complexity index is 839. The second-order valence-electron chi connectivity index (χ2n) is 7.27. The van der Waals surface area contributed by atoms with Gasteiger partial charge in [0, 0.05) is 31.4 Å². The molecule has 1 fully saturated rings. The van der Waals surface area contributed by atoms with Crippen LogP contribution in [-0.4, -0.2) is 66.8 Å². The Labute approximate surface area is 182 Å². The van der Waals surface area contributed by atoms with E-state index >= 15 is 0 Å². The second kappa shape index (κ2) is 12.6. The van der Waals surface area contributed by atoms with Crippen LogP contribution in [0.15, 0.2) is 59.8 Å². The predicted octanol–water partition coefficient (Wildman–Crippen LogP) is 1.83. The third kappa shape index (κ3) is 7.58. The molecule has 1 aromatic heterocycles. The highest BCUT2D eigenvalue weighted by molar-refractivity contribution is 5.94. The van der Waals surface area contributed by atoms with Crippen molar-refractivity contribution in [1.29, 1.82) is 0 Å². The molecule has 0 saturated carbocycles.